The lowest BCUT2D eigenvalue weighted by molar-refractivity contribution is -0.134. The average molecular weight is 254 g/mol. The normalized spacial score (nSPS) is 16.4. The minimum absolute atomic E-state index is 0.280. The number of amides is 1. The Balaban J connectivity index is 0.000000317. The van der Waals surface area contributed by atoms with Gasteiger partial charge in [-0.25, -0.2) is 0 Å². The van der Waals surface area contributed by atoms with Crippen LogP contribution in [0.4, 0.5) is 0 Å². The number of amidine groups is 1. The first-order chi connectivity index (χ1) is 7.99. The van der Waals surface area contributed by atoms with Crippen LogP contribution in [0.2, 0.25) is 0 Å². The minimum atomic E-state index is -0.833. The molecule has 1 aliphatic rings. The van der Waals surface area contributed by atoms with Crippen LogP contribution in [0, 0.1) is 0 Å². The van der Waals surface area contributed by atoms with E-state index in [1.807, 2.05) is 0 Å². The molecule has 1 aromatic heterocycles. The van der Waals surface area contributed by atoms with E-state index in [-0.39, 0.29) is 11.1 Å². The number of nitrogens with zero attached hydrogens (tertiary/aromatic N) is 1. The van der Waals surface area contributed by atoms with E-state index in [1.165, 1.54) is 0 Å². The molecule has 0 saturated carbocycles. The van der Waals surface area contributed by atoms with E-state index in [0.717, 1.165) is 18.7 Å². The topological polar surface area (TPSA) is 106 Å². The summed E-state index contributed by atoms with van der Waals surface area (Å²) in [5, 5.41) is 7.70. The Morgan fingerprint density at radius 1 is 1.65 bits per heavy atom. The molecule has 3 N–H and O–H groups in total. The third-order valence-corrected chi connectivity index (χ3v) is 2.27. The van der Waals surface area contributed by atoms with Crippen LogP contribution in [0.3, 0.4) is 0 Å². The van der Waals surface area contributed by atoms with Crippen molar-refractivity contribution in [3.05, 3.63) is 29.1 Å². The highest BCUT2D eigenvalue weighted by atomic mass is 32.2. The van der Waals surface area contributed by atoms with Crippen LogP contribution in [0.25, 0.3) is 6.08 Å². The van der Waals surface area contributed by atoms with Crippen LogP contribution in [0.5, 0.6) is 0 Å². The summed E-state index contributed by atoms with van der Waals surface area (Å²) in [5.74, 6) is -0.514. The van der Waals surface area contributed by atoms with Gasteiger partial charge in [0.2, 0.25) is 0 Å². The van der Waals surface area contributed by atoms with Crippen molar-refractivity contribution in [1.82, 2.24) is 0 Å². The van der Waals surface area contributed by atoms with Crippen LogP contribution in [-0.4, -0.2) is 22.2 Å². The van der Waals surface area contributed by atoms with Crippen LogP contribution >= 0.6 is 11.8 Å². The average Bonchev–Trinajstić information content (AvgIpc) is 2.77. The third kappa shape index (κ3) is 4.56. The summed E-state index contributed by atoms with van der Waals surface area (Å²) in [6.45, 7) is 1.08. The van der Waals surface area contributed by atoms with E-state index in [9.17, 15) is 4.79 Å². The molecule has 0 atom stereocenters. The number of furan rings is 1. The molecule has 1 amide bonds. The lowest BCUT2D eigenvalue weighted by atomic mass is 10.4. The second-order valence-corrected chi connectivity index (χ2v) is 3.96. The molecule has 0 radical (unpaired) electrons. The molecule has 1 aromatic rings. The molecule has 0 unspecified atom stereocenters. The first-order valence-corrected chi connectivity index (χ1v) is 5.32. The lowest BCUT2D eigenvalue weighted by Crippen LogP contribution is -2.01. The standard InChI is InChI=1S/C8H6N2O2S.C2H4O2/c9-8-10-7(11)6(13-8)4-5-2-1-3-12-5;1-2(3)4/h1-4H,(H2,9,10,11);1H3,(H,3,4)/b6-4+;. The van der Waals surface area contributed by atoms with Crippen LogP contribution in [0.15, 0.2) is 32.7 Å². The maximum Gasteiger partial charge on any atom is 0.300 e. The molecular formula is C10H10N2O4S. The van der Waals surface area contributed by atoms with Gasteiger partial charge in [-0.1, -0.05) is 0 Å². The molecule has 0 spiro atoms. The molecule has 0 fully saturated rings. The van der Waals surface area contributed by atoms with Gasteiger partial charge >= 0.3 is 0 Å². The fourth-order valence-electron chi connectivity index (χ4n) is 0.928. The molecule has 90 valence electrons. The van der Waals surface area contributed by atoms with Gasteiger partial charge in [-0.2, -0.15) is 4.99 Å². The van der Waals surface area contributed by atoms with Gasteiger partial charge in [0.15, 0.2) is 5.17 Å². The Labute approximate surface area is 101 Å². The summed E-state index contributed by atoms with van der Waals surface area (Å²) >= 11 is 1.15. The SMILES string of the molecule is CC(=O)O.NC1=NC(=O)/C(=C\c2ccco2)S1. The minimum Gasteiger partial charge on any atom is -0.481 e. The highest BCUT2D eigenvalue weighted by Crippen LogP contribution is 2.26. The van der Waals surface area contributed by atoms with Gasteiger partial charge in [0.1, 0.15) is 5.76 Å². The second kappa shape index (κ2) is 5.90. The van der Waals surface area contributed by atoms with Crippen molar-refractivity contribution < 1.29 is 19.1 Å². The van der Waals surface area contributed by atoms with Gasteiger partial charge in [0.05, 0.1) is 11.2 Å². The van der Waals surface area contributed by atoms with Crippen molar-refractivity contribution >= 4 is 34.9 Å². The molecule has 2 rings (SSSR count). The summed E-state index contributed by atoms with van der Waals surface area (Å²) in [6, 6.07) is 3.51. The number of carbonyl (C=O) groups is 2. The zero-order valence-electron chi connectivity index (χ0n) is 8.91. The fourth-order valence-corrected chi connectivity index (χ4v) is 1.59. The van der Waals surface area contributed by atoms with E-state index < -0.39 is 5.97 Å². The van der Waals surface area contributed by atoms with E-state index in [1.54, 1.807) is 24.5 Å². The van der Waals surface area contributed by atoms with Crippen molar-refractivity contribution in [2.45, 2.75) is 6.92 Å². The molecule has 2 heterocycles. The number of rotatable bonds is 1. The quantitative estimate of drug-likeness (QED) is 0.731. The van der Waals surface area contributed by atoms with E-state index >= 15 is 0 Å². The van der Waals surface area contributed by atoms with Crippen LogP contribution in [-0.2, 0) is 9.59 Å². The summed E-state index contributed by atoms with van der Waals surface area (Å²) < 4.78 is 5.05. The number of aliphatic imine (C=N–C) groups is 1. The number of hydrogen-bond acceptors (Lipinski definition) is 5. The van der Waals surface area contributed by atoms with Crippen molar-refractivity contribution in [3.63, 3.8) is 0 Å². The monoisotopic (exact) mass is 254 g/mol. The number of carboxylic acids is 1. The van der Waals surface area contributed by atoms with Crippen molar-refractivity contribution in [1.29, 1.82) is 0 Å². The second-order valence-electron chi connectivity index (χ2n) is 2.90. The number of carboxylic acid groups (broad SMARTS) is 1. The molecule has 0 bridgehead atoms. The molecular weight excluding hydrogens is 244 g/mol. The summed E-state index contributed by atoms with van der Waals surface area (Å²) in [4.78, 5) is 24.2. The Hall–Kier alpha value is -2.02. The number of aliphatic carboxylic acids is 1. The van der Waals surface area contributed by atoms with Crippen LogP contribution in [0.1, 0.15) is 12.7 Å². The predicted molar refractivity (Wildman–Crippen MR) is 64.2 cm³/mol. The molecule has 6 nitrogen and oxygen atoms in total. The smallest absolute Gasteiger partial charge is 0.300 e. The Kier molecular flexibility index (Phi) is 4.53. The maximum absolute atomic E-state index is 11.1. The van der Waals surface area contributed by atoms with Gasteiger partial charge in [0.25, 0.3) is 11.9 Å². The predicted octanol–water partition coefficient (Wildman–Crippen LogP) is 1.30. The van der Waals surface area contributed by atoms with Gasteiger partial charge in [-0.05, 0) is 23.9 Å². The molecule has 0 aliphatic carbocycles. The van der Waals surface area contributed by atoms with Gasteiger partial charge < -0.3 is 15.3 Å². The zero-order valence-corrected chi connectivity index (χ0v) is 9.73. The highest BCUT2D eigenvalue weighted by Gasteiger charge is 2.19. The number of hydrogen-bond donors (Lipinski definition) is 2. The van der Waals surface area contributed by atoms with E-state index in [0.29, 0.717) is 10.7 Å². The first kappa shape index (κ1) is 13.0. The highest BCUT2D eigenvalue weighted by molar-refractivity contribution is 8.18. The maximum atomic E-state index is 11.1. The summed E-state index contributed by atoms with van der Waals surface area (Å²) in [5.41, 5.74) is 5.37. The molecule has 17 heavy (non-hydrogen) atoms. The number of thioether (sulfide) groups is 1. The van der Waals surface area contributed by atoms with Gasteiger partial charge in [-0.3, -0.25) is 9.59 Å². The van der Waals surface area contributed by atoms with Crippen LogP contribution < -0.4 is 5.73 Å². The first-order valence-electron chi connectivity index (χ1n) is 4.50. The largest absolute Gasteiger partial charge is 0.481 e. The molecule has 7 heteroatoms. The van der Waals surface area contributed by atoms with Crippen molar-refractivity contribution in [2.75, 3.05) is 0 Å². The molecule has 0 aromatic carbocycles. The lowest BCUT2D eigenvalue weighted by Gasteiger charge is -1.89. The van der Waals surface area contributed by atoms with Gasteiger partial charge in [-0.15, -0.1) is 0 Å². The molecule has 1 aliphatic heterocycles. The van der Waals surface area contributed by atoms with E-state index in [2.05, 4.69) is 4.99 Å². The number of carbonyl (C=O) groups excluding carboxylic acids is 1. The Bertz CT molecular complexity index is 473. The van der Waals surface area contributed by atoms with Crippen molar-refractivity contribution in [2.24, 2.45) is 10.7 Å². The Morgan fingerprint density at radius 2 is 2.29 bits per heavy atom. The zero-order chi connectivity index (χ0) is 12.8. The third-order valence-electron chi connectivity index (χ3n) is 1.45. The molecule has 0 saturated heterocycles. The Morgan fingerprint density at radius 3 is 2.71 bits per heavy atom. The fraction of sp³-hybridized carbons (Fsp3) is 0.100. The summed E-state index contributed by atoms with van der Waals surface area (Å²) in [7, 11) is 0. The van der Waals surface area contributed by atoms with E-state index in [4.69, 9.17) is 20.1 Å². The van der Waals surface area contributed by atoms with Gasteiger partial charge in [0, 0.05) is 13.0 Å². The number of nitrogens with two attached hydrogens (primary N) is 1. The summed E-state index contributed by atoms with van der Waals surface area (Å²) in [6.07, 6.45) is 3.16. The van der Waals surface area contributed by atoms with Crippen molar-refractivity contribution in [3.8, 4) is 0 Å².